The number of hydrogen-bond acceptors (Lipinski definition) is 20. The summed E-state index contributed by atoms with van der Waals surface area (Å²) in [5, 5.41) is 123. The first-order chi connectivity index (χ1) is 26.5. The quantitative estimate of drug-likeness (QED) is 0.0519. The van der Waals surface area contributed by atoms with Crippen molar-refractivity contribution in [3.05, 3.63) is 70.4 Å². The van der Waals surface area contributed by atoms with E-state index in [1.807, 2.05) is 0 Å². The van der Waals surface area contributed by atoms with Crippen LogP contribution in [-0.4, -0.2) is 142 Å². The van der Waals surface area contributed by atoms with E-state index in [-0.39, 0.29) is 16.9 Å². The van der Waals surface area contributed by atoms with Crippen LogP contribution in [0.1, 0.15) is 5.56 Å². The number of ether oxygens (including phenoxy) is 5. The molecular formula is C36H36O20. The second-order valence-electron chi connectivity index (χ2n) is 12.8. The molecule has 2 aliphatic rings. The second kappa shape index (κ2) is 16.2. The third-order valence-corrected chi connectivity index (χ3v) is 8.95. The minimum Gasteiger partial charge on any atom is -0.508 e. The van der Waals surface area contributed by atoms with Crippen molar-refractivity contribution in [2.75, 3.05) is 13.2 Å². The third kappa shape index (κ3) is 8.14. The van der Waals surface area contributed by atoms with Crippen molar-refractivity contribution in [2.24, 2.45) is 0 Å². The molecule has 2 saturated heterocycles. The molecule has 10 atom stereocenters. The molecule has 20 nitrogen and oxygen atoms in total. The molecule has 4 aromatic rings. The summed E-state index contributed by atoms with van der Waals surface area (Å²) in [5.41, 5.74) is -1.17. The average Bonchev–Trinajstić information content (AvgIpc) is 3.15. The normalized spacial score (nSPS) is 28.0. The van der Waals surface area contributed by atoms with Crippen LogP contribution in [0.5, 0.6) is 40.2 Å². The van der Waals surface area contributed by atoms with Crippen LogP contribution >= 0.6 is 0 Å². The van der Waals surface area contributed by atoms with E-state index in [2.05, 4.69) is 0 Å². The van der Waals surface area contributed by atoms with Gasteiger partial charge in [0.15, 0.2) is 35.0 Å². The van der Waals surface area contributed by atoms with E-state index >= 15 is 0 Å². The van der Waals surface area contributed by atoms with Gasteiger partial charge < -0.3 is 89.4 Å². The highest BCUT2D eigenvalue weighted by Gasteiger charge is 2.48. The van der Waals surface area contributed by atoms with Gasteiger partial charge in [0, 0.05) is 23.8 Å². The zero-order valence-electron chi connectivity index (χ0n) is 28.6. The van der Waals surface area contributed by atoms with Crippen molar-refractivity contribution in [3.63, 3.8) is 0 Å². The standard InChI is InChI=1S/C36H36O20/c37-15-9-20(42)25-21(10-15)53-33(14-3-5-17(39)19(41)8-14)34(28(25)46)56-36-32(50)30(48)27(45)23(55-36)12-52-35-31(49)29(47)26(44)22(54-35)11-51-24(43)6-2-13-1-4-16(38)18(40)7-13/h1-10,22-23,26-27,29-32,35-42,44-45,47-50H,11-12H2. The van der Waals surface area contributed by atoms with Gasteiger partial charge in [0.25, 0.3) is 0 Å². The number of esters is 1. The van der Waals surface area contributed by atoms with Gasteiger partial charge in [0.05, 0.1) is 6.61 Å². The molecule has 0 bridgehead atoms. The van der Waals surface area contributed by atoms with Gasteiger partial charge in [0.1, 0.15) is 77.9 Å². The van der Waals surface area contributed by atoms with Gasteiger partial charge in [-0.1, -0.05) is 6.07 Å². The summed E-state index contributed by atoms with van der Waals surface area (Å²) >= 11 is 0. The topological polar surface area (TPSA) is 336 Å². The SMILES string of the molecule is O=C(C=Cc1ccc(O)c(O)c1)OCC1OC(OCC2OC(Oc3c(-c4ccc(O)c(O)c4)oc4cc(O)cc(O)c4c3=O)C(O)C(O)C2O)C(O)C(O)C1O. The smallest absolute Gasteiger partial charge is 0.330 e. The summed E-state index contributed by atoms with van der Waals surface area (Å²) in [5.74, 6) is -5.36. The highest BCUT2D eigenvalue weighted by molar-refractivity contribution is 5.88. The van der Waals surface area contributed by atoms with E-state index in [1.165, 1.54) is 30.3 Å². The second-order valence-corrected chi connectivity index (χ2v) is 12.8. The first-order valence-electron chi connectivity index (χ1n) is 16.6. The Labute approximate surface area is 313 Å². The molecule has 0 saturated carbocycles. The Hall–Kier alpha value is -5.68. The fourth-order valence-electron chi connectivity index (χ4n) is 5.90. The number of rotatable bonds is 10. The number of benzene rings is 3. The third-order valence-electron chi connectivity index (χ3n) is 8.95. The molecule has 0 aliphatic carbocycles. The predicted molar refractivity (Wildman–Crippen MR) is 184 cm³/mol. The van der Waals surface area contributed by atoms with Crippen LogP contribution < -0.4 is 10.2 Å². The van der Waals surface area contributed by atoms with E-state index in [1.54, 1.807) is 0 Å². The molecule has 3 heterocycles. The van der Waals surface area contributed by atoms with Crippen molar-refractivity contribution in [1.29, 1.82) is 0 Å². The Kier molecular flexibility index (Phi) is 11.6. The van der Waals surface area contributed by atoms with Crippen molar-refractivity contribution in [2.45, 2.75) is 61.4 Å². The lowest BCUT2D eigenvalue weighted by Gasteiger charge is -2.42. The number of carbonyl (C=O) groups excluding carboxylic acids is 1. The van der Waals surface area contributed by atoms with Gasteiger partial charge in [-0.25, -0.2) is 4.79 Å². The van der Waals surface area contributed by atoms with E-state index in [0.29, 0.717) is 5.56 Å². The fraction of sp³-hybridized carbons (Fsp3) is 0.333. The van der Waals surface area contributed by atoms with Crippen molar-refractivity contribution in [1.82, 2.24) is 0 Å². The summed E-state index contributed by atoms with van der Waals surface area (Å²) in [7, 11) is 0. The van der Waals surface area contributed by atoms with E-state index < -0.39 is 132 Å². The maximum atomic E-state index is 13.7. The highest BCUT2D eigenvalue weighted by Crippen LogP contribution is 2.39. The maximum absolute atomic E-state index is 13.7. The Morgan fingerprint density at radius 3 is 1.93 bits per heavy atom. The Bertz CT molecular complexity index is 2170. The molecule has 0 spiro atoms. The van der Waals surface area contributed by atoms with Gasteiger partial charge in [-0.05, 0) is 42.0 Å². The molecule has 2 fully saturated rings. The summed E-state index contributed by atoms with van der Waals surface area (Å²) in [6.45, 7) is -1.43. The summed E-state index contributed by atoms with van der Waals surface area (Å²) in [4.78, 5) is 26.0. The van der Waals surface area contributed by atoms with Crippen LogP contribution in [0.2, 0.25) is 0 Å². The number of phenols is 6. The van der Waals surface area contributed by atoms with Crippen LogP contribution in [0.25, 0.3) is 28.4 Å². The molecule has 3 aromatic carbocycles. The monoisotopic (exact) mass is 788 g/mol. The number of aliphatic hydroxyl groups excluding tert-OH is 6. The molecule has 56 heavy (non-hydrogen) atoms. The Morgan fingerprint density at radius 1 is 0.661 bits per heavy atom. The number of phenolic OH excluding ortho intramolecular Hbond substituents is 6. The molecular weight excluding hydrogens is 752 g/mol. The summed E-state index contributed by atoms with van der Waals surface area (Å²) in [6.07, 6.45) is -16.3. The van der Waals surface area contributed by atoms with Gasteiger partial charge in [0.2, 0.25) is 17.5 Å². The van der Waals surface area contributed by atoms with Crippen LogP contribution in [0.4, 0.5) is 0 Å². The van der Waals surface area contributed by atoms with E-state index in [9.17, 15) is 70.9 Å². The van der Waals surface area contributed by atoms with Gasteiger partial charge in [-0.15, -0.1) is 0 Å². The number of carbonyl (C=O) groups is 1. The van der Waals surface area contributed by atoms with Gasteiger partial charge >= 0.3 is 5.97 Å². The van der Waals surface area contributed by atoms with Crippen LogP contribution in [0.3, 0.4) is 0 Å². The zero-order chi connectivity index (χ0) is 40.6. The van der Waals surface area contributed by atoms with Crippen LogP contribution in [-0.2, 0) is 23.7 Å². The number of aromatic hydroxyl groups is 6. The average molecular weight is 789 g/mol. The van der Waals surface area contributed by atoms with Crippen LogP contribution in [0.15, 0.2) is 63.8 Å². The Morgan fingerprint density at radius 2 is 1.27 bits per heavy atom. The molecule has 0 amide bonds. The molecule has 6 rings (SSSR count). The highest BCUT2D eigenvalue weighted by atomic mass is 16.7. The first kappa shape index (κ1) is 40.0. The number of aliphatic hydroxyl groups is 6. The van der Waals surface area contributed by atoms with Gasteiger partial charge in [-0.2, -0.15) is 0 Å². The molecule has 10 unspecified atom stereocenters. The molecule has 0 radical (unpaired) electrons. The van der Waals surface area contributed by atoms with Crippen molar-refractivity contribution < 1.29 is 94.2 Å². The van der Waals surface area contributed by atoms with Crippen molar-refractivity contribution >= 4 is 23.0 Å². The minimum absolute atomic E-state index is 0.0824. The lowest BCUT2D eigenvalue weighted by Crippen LogP contribution is -2.62. The predicted octanol–water partition coefficient (Wildman–Crippen LogP) is -1.04. The largest absolute Gasteiger partial charge is 0.508 e. The molecule has 1 aromatic heterocycles. The molecule has 2 aliphatic heterocycles. The lowest BCUT2D eigenvalue weighted by molar-refractivity contribution is -0.323. The number of hydrogen-bond donors (Lipinski definition) is 12. The van der Waals surface area contributed by atoms with E-state index in [4.69, 9.17) is 28.1 Å². The van der Waals surface area contributed by atoms with Gasteiger partial charge in [-0.3, -0.25) is 4.79 Å². The fourth-order valence-corrected chi connectivity index (χ4v) is 5.90. The Balaban J connectivity index is 1.18. The first-order valence-corrected chi connectivity index (χ1v) is 16.6. The molecule has 300 valence electrons. The number of fused-ring (bicyclic) bond motifs is 1. The molecule has 12 N–H and O–H groups in total. The minimum atomic E-state index is -2.06. The van der Waals surface area contributed by atoms with Crippen molar-refractivity contribution in [3.8, 4) is 51.6 Å². The lowest BCUT2D eigenvalue weighted by atomic mass is 9.98. The zero-order valence-corrected chi connectivity index (χ0v) is 28.6. The summed E-state index contributed by atoms with van der Waals surface area (Å²) < 4.78 is 33.3. The maximum Gasteiger partial charge on any atom is 0.330 e. The van der Waals surface area contributed by atoms with Crippen LogP contribution in [0, 0.1) is 0 Å². The molecule has 20 heteroatoms. The summed E-state index contributed by atoms with van der Waals surface area (Å²) in [6, 6.07) is 8.84. The van der Waals surface area contributed by atoms with E-state index in [0.717, 1.165) is 30.3 Å².